The average Bonchev–Trinajstić information content (AvgIpc) is 3.57. The Labute approximate surface area is 209 Å². The lowest BCUT2D eigenvalue weighted by atomic mass is 9.85. The molecule has 35 heavy (non-hydrogen) atoms. The highest BCUT2D eigenvalue weighted by Gasteiger charge is 2.36. The number of carbonyl (C=O) groups is 2. The van der Waals surface area contributed by atoms with Gasteiger partial charge in [-0.05, 0) is 31.2 Å². The Morgan fingerprint density at radius 3 is 2.80 bits per heavy atom. The van der Waals surface area contributed by atoms with Crippen molar-refractivity contribution in [1.29, 1.82) is 5.26 Å². The fourth-order valence-corrected chi connectivity index (χ4v) is 5.02. The third-order valence-electron chi connectivity index (χ3n) is 5.10. The van der Waals surface area contributed by atoms with Gasteiger partial charge in [-0.3, -0.25) is 9.59 Å². The van der Waals surface area contributed by atoms with Crippen LogP contribution in [0.4, 0.5) is 10.8 Å². The van der Waals surface area contributed by atoms with Gasteiger partial charge in [0, 0.05) is 17.3 Å². The molecule has 4 rings (SSSR count). The summed E-state index contributed by atoms with van der Waals surface area (Å²) in [6.07, 6.45) is 3.10. The predicted molar refractivity (Wildman–Crippen MR) is 135 cm³/mol. The number of benzene rings is 1. The number of dihydropyridines is 1. The van der Waals surface area contributed by atoms with Crippen molar-refractivity contribution in [2.75, 3.05) is 23.5 Å². The molecule has 0 saturated heterocycles. The number of anilines is 2. The molecule has 0 aliphatic carbocycles. The number of nitriles is 1. The first kappa shape index (κ1) is 24.1. The number of furan rings is 1. The molecular formula is C24H21N5O4S2. The number of nitrogens with one attached hydrogen (secondary N) is 3. The van der Waals surface area contributed by atoms with E-state index >= 15 is 0 Å². The first-order chi connectivity index (χ1) is 17.0. The molecule has 1 aromatic carbocycles. The van der Waals surface area contributed by atoms with Crippen molar-refractivity contribution in [1.82, 2.24) is 10.3 Å². The van der Waals surface area contributed by atoms with Gasteiger partial charge in [-0.15, -0.1) is 11.3 Å². The molecule has 3 N–H and O–H groups in total. The quantitative estimate of drug-likeness (QED) is 0.408. The number of aromatic nitrogens is 1. The van der Waals surface area contributed by atoms with E-state index in [4.69, 9.17) is 9.15 Å². The second-order valence-corrected chi connectivity index (χ2v) is 9.18. The molecule has 0 spiro atoms. The Hall–Kier alpha value is -4.01. The summed E-state index contributed by atoms with van der Waals surface area (Å²) in [6, 6.07) is 12.7. The number of methoxy groups -OCH3 is 1. The minimum atomic E-state index is -0.754. The fourth-order valence-electron chi connectivity index (χ4n) is 3.58. The summed E-state index contributed by atoms with van der Waals surface area (Å²) in [5, 5.41) is 21.6. The maximum absolute atomic E-state index is 13.4. The van der Waals surface area contributed by atoms with E-state index in [1.807, 2.05) is 0 Å². The lowest BCUT2D eigenvalue weighted by Crippen LogP contribution is -2.31. The summed E-state index contributed by atoms with van der Waals surface area (Å²) < 4.78 is 11.0. The van der Waals surface area contributed by atoms with Crippen LogP contribution in [0.25, 0.3) is 0 Å². The summed E-state index contributed by atoms with van der Waals surface area (Å²) in [5.41, 5.74) is 1.66. The Balaban J connectivity index is 1.61. The minimum Gasteiger partial charge on any atom is -0.495 e. The number of nitrogens with zero attached hydrogens (tertiary/aromatic N) is 2. The van der Waals surface area contributed by atoms with Gasteiger partial charge in [-0.25, -0.2) is 4.98 Å². The van der Waals surface area contributed by atoms with Gasteiger partial charge in [0.25, 0.3) is 5.91 Å². The largest absolute Gasteiger partial charge is 0.495 e. The number of para-hydroxylation sites is 2. The summed E-state index contributed by atoms with van der Waals surface area (Å²) in [6.45, 7) is 1.75. The van der Waals surface area contributed by atoms with Crippen molar-refractivity contribution in [3.63, 3.8) is 0 Å². The van der Waals surface area contributed by atoms with Gasteiger partial charge in [0.1, 0.15) is 11.5 Å². The SMILES string of the molecule is COc1ccccc1NC(=O)C1=C(C)NC(SCC(=O)Nc2nccs2)=C(C#N)[C@H]1c1ccco1. The topological polar surface area (TPSA) is 129 Å². The molecule has 1 aliphatic rings. The number of carbonyl (C=O) groups excluding carboxylic acids is 2. The lowest BCUT2D eigenvalue weighted by Gasteiger charge is -2.28. The van der Waals surface area contributed by atoms with Crippen LogP contribution in [0, 0.1) is 11.3 Å². The average molecular weight is 508 g/mol. The summed E-state index contributed by atoms with van der Waals surface area (Å²) in [7, 11) is 1.52. The number of thiazole rings is 1. The number of ether oxygens (including phenoxy) is 1. The van der Waals surface area contributed by atoms with Crippen molar-refractivity contribution >= 4 is 45.7 Å². The molecule has 0 bridgehead atoms. The van der Waals surface area contributed by atoms with Gasteiger partial charge in [-0.2, -0.15) is 5.26 Å². The molecule has 11 heteroatoms. The van der Waals surface area contributed by atoms with E-state index in [1.54, 1.807) is 54.9 Å². The van der Waals surface area contributed by atoms with E-state index in [0.717, 1.165) is 0 Å². The van der Waals surface area contributed by atoms with Gasteiger partial charge >= 0.3 is 0 Å². The molecule has 2 aromatic heterocycles. The zero-order chi connectivity index (χ0) is 24.8. The van der Waals surface area contributed by atoms with Crippen LogP contribution in [-0.4, -0.2) is 29.7 Å². The number of amides is 2. The van der Waals surface area contributed by atoms with Crippen molar-refractivity contribution in [2.24, 2.45) is 0 Å². The molecule has 0 radical (unpaired) electrons. The molecule has 3 aromatic rings. The molecule has 9 nitrogen and oxygen atoms in total. The lowest BCUT2D eigenvalue weighted by molar-refractivity contribution is -0.114. The number of rotatable bonds is 8. The van der Waals surface area contributed by atoms with Gasteiger partial charge in [0.15, 0.2) is 5.13 Å². The molecule has 0 saturated carbocycles. The van der Waals surface area contributed by atoms with E-state index in [2.05, 4.69) is 27.0 Å². The number of hydrogen-bond donors (Lipinski definition) is 3. The first-order valence-corrected chi connectivity index (χ1v) is 12.3. The third kappa shape index (κ3) is 5.40. The van der Waals surface area contributed by atoms with E-state index in [-0.39, 0.29) is 17.2 Å². The van der Waals surface area contributed by atoms with E-state index in [1.165, 1.54) is 36.5 Å². The first-order valence-electron chi connectivity index (χ1n) is 10.4. The van der Waals surface area contributed by atoms with E-state index in [0.29, 0.717) is 38.6 Å². The Kier molecular flexibility index (Phi) is 7.54. The van der Waals surface area contributed by atoms with Crippen LogP contribution in [0.2, 0.25) is 0 Å². The Morgan fingerprint density at radius 2 is 2.11 bits per heavy atom. The minimum absolute atomic E-state index is 0.0496. The zero-order valence-electron chi connectivity index (χ0n) is 18.8. The Morgan fingerprint density at radius 1 is 1.29 bits per heavy atom. The molecule has 178 valence electrons. The van der Waals surface area contributed by atoms with Gasteiger partial charge in [0.05, 0.1) is 53.0 Å². The normalized spacial score (nSPS) is 15.3. The highest BCUT2D eigenvalue weighted by molar-refractivity contribution is 8.03. The molecular weight excluding hydrogens is 486 g/mol. The molecule has 1 atom stereocenters. The highest BCUT2D eigenvalue weighted by atomic mass is 32.2. The van der Waals surface area contributed by atoms with Crippen LogP contribution >= 0.6 is 23.1 Å². The second-order valence-electron chi connectivity index (χ2n) is 7.30. The molecule has 0 unspecified atom stereocenters. The maximum Gasteiger partial charge on any atom is 0.254 e. The van der Waals surface area contributed by atoms with E-state index in [9.17, 15) is 14.9 Å². The summed E-state index contributed by atoms with van der Waals surface area (Å²) in [5.74, 6) is -0.412. The van der Waals surface area contributed by atoms with Crippen LogP contribution in [-0.2, 0) is 9.59 Å². The fraction of sp³-hybridized carbons (Fsp3) is 0.167. The molecule has 0 fully saturated rings. The van der Waals surface area contributed by atoms with Crippen molar-refractivity contribution < 1.29 is 18.7 Å². The van der Waals surface area contributed by atoms with Crippen LogP contribution in [0.15, 0.2) is 80.5 Å². The number of allylic oxidation sites excluding steroid dienone is 2. The predicted octanol–water partition coefficient (Wildman–Crippen LogP) is 4.45. The number of thioether (sulfide) groups is 1. The van der Waals surface area contributed by atoms with Gasteiger partial charge in [0.2, 0.25) is 5.91 Å². The standard InChI is InChI=1S/C24H21N5O4S2/c1-14-20(22(31)28-16-6-3-4-7-17(16)32-2)21(18-8-5-10-33-18)15(12-25)23(27-14)35-13-19(30)29-24-26-9-11-34-24/h3-11,21,27H,13H2,1-2H3,(H,28,31)(H,26,29,30)/t21-/m0/s1. The van der Waals surface area contributed by atoms with Crippen molar-refractivity contribution in [3.8, 4) is 11.8 Å². The van der Waals surface area contributed by atoms with Crippen LogP contribution in [0.5, 0.6) is 5.75 Å². The smallest absolute Gasteiger partial charge is 0.254 e. The van der Waals surface area contributed by atoms with Gasteiger partial charge in [-0.1, -0.05) is 23.9 Å². The van der Waals surface area contributed by atoms with Crippen LogP contribution in [0.3, 0.4) is 0 Å². The van der Waals surface area contributed by atoms with Gasteiger partial charge < -0.3 is 25.1 Å². The van der Waals surface area contributed by atoms with Crippen molar-refractivity contribution in [3.05, 3.63) is 81.9 Å². The summed E-state index contributed by atoms with van der Waals surface area (Å²) in [4.78, 5) is 29.9. The zero-order valence-corrected chi connectivity index (χ0v) is 20.5. The second kappa shape index (κ2) is 10.9. The maximum atomic E-state index is 13.4. The van der Waals surface area contributed by atoms with Crippen LogP contribution < -0.4 is 20.7 Å². The monoisotopic (exact) mass is 507 g/mol. The summed E-state index contributed by atoms with van der Waals surface area (Å²) >= 11 is 2.49. The van der Waals surface area contributed by atoms with E-state index < -0.39 is 11.8 Å². The van der Waals surface area contributed by atoms with Crippen LogP contribution in [0.1, 0.15) is 18.6 Å². The highest BCUT2D eigenvalue weighted by Crippen LogP contribution is 2.41. The third-order valence-corrected chi connectivity index (χ3v) is 6.81. The molecule has 2 amide bonds. The number of hydrogen-bond acceptors (Lipinski definition) is 9. The Bertz CT molecular complexity index is 1320. The molecule has 1 aliphatic heterocycles. The van der Waals surface area contributed by atoms with Crippen molar-refractivity contribution in [2.45, 2.75) is 12.8 Å². The molecule has 3 heterocycles.